The molecule has 0 fully saturated rings. The van der Waals surface area contributed by atoms with Gasteiger partial charge in [-0.25, -0.2) is 10.2 Å². The smallest absolute Gasteiger partial charge is 0.341 e. The van der Waals surface area contributed by atoms with E-state index in [1.54, 1.807) is 19.1 Å². The number of nitrogens with one attached hydrogen (secondary N) is 1. The van der Waals surface area contributed by atoms with Crippen molar-refractivity contribution in [1.82, 2.24) is 10.4 Å². The number of allylic oxidation sites excluding steroid dienone is 1. The number of aromatic nitrogens is 1. The van der Waals surface area contributed by atoms with Crippen LogP contribution in [0.2, 0.25) is 0 Å². The summed E-state index contributed by atoms with van der Waals surface area (Å²) in [4.78, 5) is 28.7. The zero-order chi connectivity index (χ0) is 19.4. The Balaban J connectivity index is 1.79. The first-order valence-electron chi connectivity index (χ1n) is 8.23. The first-order chi connectivity index (χ1) is 13.0. The Morgan fingerprint density at radius 3 is 2.85 bits per heavy atom. The second kappa shape index (κ2) is 8.32. The van der Waals surface area contributed by atoms with E-state index in [9.17, 15) is 9.59 Å². The number of hydrazone groups is 1. The molecule has 0 aliphatic heterocycles. The lowest BCUT2D eigenvalue weighted by Gasteiger charge is -2.14. The van der Waals surface area contributed by atoms with Crippen molar-refractivity contribution in [3.63, 3.8) is 0 Å². The van der Waals surface area contributed by atoms with Crippen LogP contribution in [0.5, 0.6) is 0 Å². The molecule has 0 saturated heterocycles. The molecule has 0 radical (unpaired) electrons. The Morgan fingerprint density at radius 2 is 2.15 bits per heavy atom. The summed E-state index contributed by atoms with van der Waals surface area (Å²) in [7, 11) is 0. The molecule has 9 heteroatoms. The second-order valence-electron chi connectivity index (χ2n) is 5.64. The third kappa shape index (κ3) is 4.01. The van der Waals surface area contributed by atoms with Crippen LogP contribution in [0, 0.1) is 0 Å². The molecule has 2 aromatic heterocycles. The standard InChI is InChI=1S/C18H17ClN4O3S/c1-2-26-18(25)13-12-4-3-11(14(19)15(12)27-16(13)20)9-22-23-17(24)10-5-7-21-8-6-10/h5-9H,2-4,20H2,1H3,(H,23,24). The van der Waals surface area contributed by atoms with E-state index in [4.69, 9.17) is 22.1 Å². The fraction of sp³-hybridized carbons (Fsp3) is 0.222. The first-order valence-corrected chi connectivity index (χ1v) is 9.43. The third-order valence-corrected chi connectivity index (χ3v) is 5.59. The Hall–Kier alpha value is -2.71. The summed E-state index contributed by atoms with van der Waals surface area (Å²) in [5.41, 5.74) is 10.9. The van der Waals surface area contributed by atoms with E-state index in [-0.39, 0.29) is 12.5 Å². The van der Waals surface area contributed by atoms with Gasteiger partial charge in [0.1, 0.15) is 5.00 Å². The van der Waals surface area contributed by atoms with Gasteiger partial charge in [0.25, 0.3) is 5.91 Å². The number of nitrogen functional groups attached to an aromatic ring is 1. The van der Waals surface area contributed by atoms with Crippen LogP contribution in [0.15, 0.2) is 35.2 Å². The van der Waals surface area contributed by atoms with Gasteiger partial charge in [-0.3, -0.25) is 9.78 Å². The maximum absolute atomic E-state index is 12.1. The number of esters is 1. The highest BCUT2D eigenvalue weighted by molar-refractivity contribution is 7.18. The lowest BCUT2D eigenvalue weighted by atomic mass is 9.95. The normalized spacial score (nSPS) is 13.6. The Labute approximate surface area is 164 Å². The average Bonchev–Trinajstić information content (AvgIpc) is 3.01. The van der Waals surface area contributed by atoms with Crippen LogP contribution in [0.3, 0.4) is 0 Å². The highest BCUT2D eigenvalue weighted by Crippen LogP contribution is 2.43. The summed E-state index contributed by atoms with van der Waals surface area (Å²) in [6.45, 7) is 2.02. The van der Waals surface area contributed by atoms with E-state index in [1.165, 1.54) is 29.9 Å². The van der Waals surface area contributed by atoms with Gasteiger partial charge in [-0.1, -0.05) is 11.6 Å². The molecule has 0 spiro atoms. The first kappa shape index (κ1) is 19.1. The number of carbonyl (C=O) groups excluding carboxylic acids is 2. The van der Waals surface area contributed by atoms with Crippen molar-refractivity contribution in [2.75, 3.05) is 12.3 Å². The Morgan fingerprint density at radius 1 is 1.41 bits per heavy atom. The fourth-order valence-electron chi connectivity index (χ4n) is 2.70. The van der Waals surface area contributed by atoms with Gasteiger partial charge in [0.15, 0.2) is 0 Å². The van der Waals surface area contributed by atoms with Crippen LogP contribution in [-0.2, 0) is 11.2 Å². The van der Waals surface area contributed by atoms with Crippen molar-refractivity contribution in [1.29, 1.82) is 0 Å². The monoisotopic (exact) mass is 404 g/mol. The largest absolute Gasteiger partial charge is 0.462 e. The zero-order valence-electron chi connectivity index (χ0n) is 14.5. The van der Waals surface area contributed by atoms with Crippen LogP contribution >= 0.6 is 22.9 Å². The molecule has 2 aromatic rings. The molecule has 1 aliphatic rings. The predicted molar refractivity (Wildman–Crippen MR) is 106 cm³/mol. The van der Waals surface area contributed by atoms with E-state index in [0.717, 1.165) is 16.0 Å². The summed E-state index contributed by atoms with van der Waals surface area (Å²) in [5.74, 6) is -0.773. The summed E-state index contributed by atoms with van der Waals surface area (Å²) in [5, 5.41) is 4.85. The summed E-state index contributed by atoms with van der Waals surface area (Å²) >= 11 is 7.73. The molecule has 2 heterocycles. The highest BCUT2D eigenvalue weighted by atomic mass is 35.5. The molecule has 140 valence electrons. The summed E-state index contributed by atoms with van der Waals surface area (Å²) in [6, 6.07) is 3.19. The number of halogens is 1. The molecule has 0 saturated carbocycles. The van der Waals surface area contributed by atoms with Gasteiger partial charge in [-0.2, -0.15) is 5.10 Å². The number of hydrogen-bond acceptors (Lipinski definition) is 7. The van der Waals surface area contributed by atoms with Crippen molar-refractivity contribution in [2.24, 2.45) is 5.10 Å². The molecule has 0 aromatic carbocycles. The quantitative estimate of drug-likeness (QED) is 0.452. The molecular formula is C18H17ClN4O3S. The van der Waals surface area contributed by atoms with Crippen molar-refractivity contribution >= 4 is 51.1 Å². The molecule has 1 amide bonds. The van der Waals surface area contributed by atoms with Gasteiger partial charge in [0.2, 0.25) is 0 Å². The lowest BCUT2D eigenvalue weighted by Crippen LogP contribution is -2.18. The van der Waals surface area contributed by atoms with Crippen LogP contribution in [0.4, 0.5) is 5.00 Å². The number of anilines is 1. The lowest BCUT2D eigenvalue weighted by molar-refractivity contribution is 0.0526. The predicted octanol–water partition coefficient (Wildman–Crippen LogP) is 3.21. The summed E-state index contributed by atoms with van der Waals surface area (Å²) in [6.07, 6.45) is 5.74. The molecule has 0 atom stereocenters. The summed E-state index contributed by atoms with van der Waals surface area (Å²) < 4.78 is 5.08. The zero-order valence-corrected chi connectivity index (χ0v) is 16.1. The molecule has 3 rings (SSSR count). The molecule has 1 aliphatic carbocycles. The van der Waals surface area contributed by atoms with Gasteiger partial charge >= 0.3 is 5.97 Å². The third-order valence-electron chi connectivity index (χ3n) is 3.97. The Bertz CT molecular complexity index is 938. The topological polar surface area (TPSA) is 107 Å². The minimum Gasteiger partial charge on any atom is -0.462 e. The molecule has 0 unspecified atom stereocenters. The average molecular weight is 405 g/mol. The molecule has 7 nitrogen and oxygen atoms in total. The highest BCUT2D eigenvalue weighted by Gasteiger charge is 2.28. The van der Waals surface area contributed by atoms with Gasteiger partial charge < -0.3 is 10.5 Å². The number of rotatable bonds is 5. The van der Waals surface area contributed by atoms with E-state index in [1.807, 2.05) is 0 Å². The van der Waals surface area contributed by atoms with Crippen LogP contribution in [-0.4, -0.2) is 29.7 Å². The number of nitrogens with two attached hydrogens (primary N) is 1. The number of carbonyl (C=O) groups is 2. The number of ether oxygens (including phenoxy) is 1. The van der Waals surface area contributed by atoms with E-state index in [0.29, 0.717) is 34.0 Å². The van der Waals surface area contributed by atoms with Crippen molar-refractivity contribution < 1.29 is 14.3 Å². The minimum atomic E-state index is -0.432. The SMILES string of the molecule is CCOC(=O)c1c(N)sc2c1CCC(C=NNC(=O)c1ccncc1)=C2Cl. The van der Waals surface area contributed by atoms with Crippen LogP contribution in [0.25, 0.3) is 5.03 Å². The second-order valence-corrected chi connectivity index (χ2v) is 7.07. The molecule has 3 N–H and O–H groups in total. The van der Waals surface area contributed by atoms with E-state index >= 15 is 0 Å². The van der Waals surface area contributed by atoms with Gasteiger partial charge in [-0.05, 0) is 43.0 Å². The molecule has 0 bridgehead atoms. The maximum atomic E-state index is 12.1. The van der Waals surface area contributed by atoms with Crippen molar-refractivity contribution in [3.05, 3.63) is 51.7 Å². The van der Waals surface area contributed by atoms with E-state index in [2.05, 4.69) is 15.5 Å². The van der Waals surface area contributed by atoms with Crippen molar-refractivity contribution in [2.45, 2.75) is 19.8 Å². The van der Waals surface area contributed by atoms with Gasteiger partial charge in [0, 0.05) is 18.0 Å². The number of nitrogens with zero attached hydrogens (tertiary/aromatic N) is 2. The number of amides is 1. The molecular weight excluding hydrogens is 388 g/mol. The van der Waals surface area contributed by atoms with Crippen molar-refractivity contribution in [3.8, 4) is 0 Å². The Kier molecular flexibility index (Phi) is 5.88. The molecule has 27 heavy (non-hydrogen) atoms. The number of thiophene rings is 1. The van der Waals surface area contributed by atoms with Crippen LogP contribution in [0.1, 0.15) is 44.5 Å². The minimum absolute atomic E-state index is 0.279. The number of pyridine rings is 1. The fourth-order valence-corrected chi connectivity index (χ4v) is 4.15. The van der Waals surface area contributed by atoms with Gasteiger partial charge in [-0.15, -0.1) is 11.3 Å². The van der Waals surface area contributed by atoms with Gasteiger partial charge in [0.05, 0.1) is 28.3 Å². The number of fused-ring (bicyclic) bond motifs is 1. The number of hydrogen-bond donors (Lipinski definition) is 2. The van der Waals surface area contributed by atoms with E-state index < -0.39 is 5.97 Å². The van der Waals surface area contributed by atoms with Crippen LogP contribution < -0.4 is 11.2 Å². The maximum Gasteiger partial charge on any atom is 0.341 e.